The van der Waals surface area contributed by atoms with Gasteiger partial charge in [-0.2, -0.15) is 0 Å². The van der Waals surface area contributed by atoms with Crippen molar-refractivity contribution < 1.29 is 18.7 Å². The van der Waals surface area contributed by atoms with Gasteiger partial charge in [0.25, 0.3) is 11.8 Å². The first-order valence-corrected chi connectivity index (χ1v) is 9.49. The molecule has 2 aliphatic rings. The zero-order valence-corrected chi connectivity index (χ0v) is 15.7. The van der Waals surface area contributed by atoms with Gasteiger partial charge in [-0.1, -0.05) is 25.0 Å². The maximum atomic E-state index is 13.8. The molecule has 1 aromatic heterocycles. The van der Waals surface area contributed by atoms with Crippen molar-refractivity contribution in [2.45, 2.75) is 44.8 Å². The Hall–Kier alpha value is -2.96. The van der Waals surface area contributed by atoms with Crippen LogP contribution in [0, 0.1) is 5.82 Å². The second-order valence-electron chi connectivity index (χ2n) is 7.18. The molecule has 0 unspecified atom stereocenters. The van der Waals surface area contributed by atoms with Crippen molar-refractivity contribution in [3.8, 4) is 5.88 Å². The number of aromatic nitrogens is 1. The summed E-state index contributed by atoms with van der Waals surface area (Å²) >= 11 is 0. The van der Waals surface area contributed by atoms with Crippen LogP contribution in [0.25, 0.3) is 0 Å². The zero-order valence-electron chi connectivity index (χ0n) is 15.7. The summed E-state index contributed by atoms with van der Waals surface area (Å²) in [7, 11) is 1.50. The quantitative estimate of drug-likeness (QED) is 0.861. The summed E-state index contributed by atoms with van der Waals surface area (Å²) in [5, 5.41) is 2.68. The van der Waals surface area contributed by atoms with Crippen molar-refractivity contribution in [3.05, 3.63) is 58.5 Å². The van der Waals surface area contributed by atoms with Crippen LogP contribution < -0.4 is 10.1 Å². The van der Waals surface area contributed by atoms with Crippen molar-refractivity contribution >= 4 is 11.8 Å². The molecule has 7 heteroatoms. The van der Waals surface area contributed by atoms with E-state index in [-0.39, 0.29) is 24.1 Å². The summed E-state index contributed by atoms with van der Waals surface area (Å²) in [6.07, 6.45) is 4.36. The highest BCUT2D eigenvalue weighted by Gasteiger charge is 2.35. The van der Waals surface area contributed by atoms with E-state index in [2.05, 4.69) is 10.3 Å². The minimum absolute atomic E-state index is 0.0151. The minimum atomic E-state index is -0.582. The molecular weight excluding hydrogens is 361 g/mol. The lowest BCUT2D eigenvalue weighted by molar-refractivity contribution is 0.0706. The van der Waals surface area contributed by atoms with Crippen molar-refractivity contribution in [2.75, 3.05) is 7.11 Å². The van der Waals surface area contributed by atoms with Crippen molar-refractivity contribution in [1.82, 2.24) is 15.2 Å². The predicted octanol–water partition coefficient (Wildman–Crippen LogP) is 3.06. The normalized spacial score (nSPS) is 16.4. The van der Waals surface area contributed by atoms with Crippen LogP contribution in [0.2, 0.25) is 0 Å². The first-order valence-electron chi connectivity index (χ1n) is 9.49. The van der Waals surface area contributed by atoms with Crippen LogP contribution in [0.3, 0.4) is 0 Å². The Morgan fingerprint density at radius 2 is 2.07 bits per heavy atom. The van der Waals surface area contributed by atoms with Gasteiger partial charge in [0, 0.05) is 18.2 Å². The second kappa shape index (κ2) is 7.58. The average Bonchev–Trinajstić information content (AvgIpc) is 3.34. The molecule has 0 radical (unpaired) electrons. The smallest absolute Gasteiger partial charge is 0.256 e. The number of pyridine rings is 1. The molecule has 0 atom stereocenters. The Balaban J connectivity index is 1.53. The number of nitrogens with one attached hydrogen (secondary N) is 1. The standard InChI is InChI=1S/C21H22FN3O3/c1-28-20-13(11-23-19(26)15-8-4-5-9-17(15)22)10-16-18(24-20)12-25(21(16)27)14-6-2-3-7-14/h4-5,8-10,14H,2-3,6-7,11-12H2,1H3,(H,23,26). The van der Waals surface area contributed by atoms with E-state index in [0.717, 1.165) is 25.7 Å². The van der Waals surface area contributed by atoms with E-state index in [4.69, 9.17) is 4.74 Å². The molecule has 2 aromatic rings. The molecule has 2 heterocycles. The maximum absolute atomic E-state index is 13.8. The highest BCUT2D eigenvalue weighted by atomic mass is 19.1. The minimum Gasteiger partial charge on any atom is -0.481 e. The van der Waals surface area contributed by atoms with Gasteiger partial charge in [-0.3, -0.25) is 9.59 Å². The summed E-state index contributed by atoms with van der Waals surface area (Å²) in [4.78, 5) is 31.5. The molecule has 1 saturated carbocycles. The molecule has 2 amide bonds. The molecule has 0 bridgehead atoms. The molecule has 1 N–H and O–H groups in total. The summed E-state index contributed by atoms with van der Waals surface area (Å²) < 4.78 is 19.1. The Morgan fingerprint density at radius 3 is 2.79 bits per heavy atom. The lowest BCUT2D eigenvalue weighted by atomic mass is 10.1. The molecule has 6 nitrogen and oxygen atoms in total. The summed E-state index contributed by atoms with van der Waals surface area (Å²) in [6, 6.07) is 7.80. The average molecular weight is 383 g/mol. The van der Waals surface area contributed by atoms with Crippen LogP contribution in [0.5, 0.6) is 5.88 Å². The van der Waals surface area contributed by atoms with E-state index in [0.29, 0.717) is 29.2 Å². The third kappa shape index (κ3) is 3.32. The Labute approximate surface area is 162 Å². The summed E-state index contributed by atoms with van der Waals surface area (Å²) in [6.45, 7) is 0.588. The molecular formula is C21H22FN3O3. The molecule has 0 spiro atoms. The van der Waals surface area contributed by atoms with Crippen molar-refractivity contribution in [1.29, 1.82) is 0 Å². The number of fused-ring (bicyclic) bond motifs is 1. The van der Waals surface area contributed by atoms with E-state index in [1.807, 2.05) is 4.90 Å². The molecule has 1 aromatic carbocycles. The van der Waals surface area contributed by atoms with Crippen LogP contribution in [0.15, 0.2) is 30.3 Å². The molecule has 1 aliphatic heterocycles. The number of halogens is 1. The molecule has 0 saturated heterocycles. The number of amides is 2. The highest BCUT2D eigenvalue weighted by molar-refractivity contribution is 5.98. The van der Waals surface area contributed by atoms with Crippen LogP contribution >= 0.6 is 0 Å². The molecule has 1 fully saturated rings. The number of hydrogen-bond donors (Lipinski definition) is 1. The number of hydrogen-bond acceptors (Lipinski definition) is 4. The van der Waals surface area contributed by atoms with Crippen LogP contribution in [0.4, 0.5) is 4.39 Å². The summed E-state index contributed by atoms with van der Waals surface area (Å²) in [5.41, 5.74) is 1.83. The Morgan fingerprint density at radius 1 is 1.32 bits per heavy atom. The van der Waals surface area contributed by atoms with E-state index in [1.54, 1.807) is 12.1 Å². The predicted molar refractivity (Wildman–Crippen MR) is 100 cm³/mol. The zero-order chi connectivity index (χ0) is 19.7. The third-order valence-corrected chi connectivity index (χ3v) is 5.47. The van der Waals surface area contributed by atoms with Gasteiger partial charge in [0.05, 0.1) is 30.5 Å². The monoisotopic (exact) mass is 383 g/mol. The van der Waals surface area contributed by atoms with Gasteiger partial charge < -0.3 is 15.0 Å². The number of nitrogens with zero attached hydrogens (tertiary/aromatic N) is 2. The Kier molecular flexibility index (Phi) is 4.98. The lowest BCUT2D eigenvalue weighted by Crippen LogP contribution is -2.33. The Bertz CT molecular complexity index is 925. The second-order valence-corrected chi connectivity index (χ2v) is 7.18. The van der Waals surface area contributed by atoms with Gasteiger partial charge in [0.2, 0.25) is 5.88 Å². The van der Waals surface area contributed by atoms with E-state index in [1.165, 1.54) is 25.3 Å². The van der Waals surface area contributed by atoms with Gasteiger partial charge >= 0.3 is 0 Å². The lowest BCUT2D eigenvalue weighted by Gasteiger charge is -2.22. The maximum Gasteiger partial charge on any atom is 0.256 e. The molecule has 146 valence electrons. The van der Waals surface area contributed by atoms with E-state index >= 15 is 0 Å². The van der Waals surface area contributed by atoms with Gasteiger partial charge in [-0.25, -0.2) is 9.37 Å². The molecule has 28 heavy (non-hydrogen) atoms. The van der Waals surface area contributed by atoms with Gasteiger partial charge in [0.15, 0.2) is 0 Å². The molecule has 4 rings (SSSR count). The van der Waals surface area contributed by atoms with Crippen molar-refractivity contribution in [2.24, 2.45) is 0 Å². The van der Waals surface area contributed by atoms with Crippen molar-refractivity contribution in [3.63, 3.8) is 0 Å². The van der Waals surface area contributed by atoms with Crippen LogP contribution in [0.1, 0.15) is 57.7 Å². The summed E-state index contributed by atoms with van der Waals surface area (Å²) in [5.74, 6) is -0.756. The topological polar surface area (TPSA) is 71.5 Å². The number of ether oxygens (including phenoxy) is 1. The number of carbonyl (C=O) groups excluding carboxylic acids is 2. The number of benzene rings is 1. The first-order chi connectivity index (χ1) is 13.6. The number of methoxy groups -OCH3 is 1. The molecule has 1 aliphatic carbocycles. The largest absolute Gasteiger partial charge is 0.481 e. The fourth-order valence-electron chi connectivity index (χ4n) is 4.00. The highest BCUT2D eigenvalue weighted by Crippen LogP contribution is 2.33. The van der Waals surface area contributed by atoms with Gasteiger partial charge in [0.1, 0.15) is 5.82 Å². The van der Waals surface area contributed by atoms with Gasteiger partial charge in [-0.15, -0.1) is 0 Å². The third-order valence-electron chi connectivity index (χ3n) is 5.47. The van der Waals surface area contributed by atoms with E-state index < -0.39 is 11.7 Å². The van der Waals surface area contributed by atoms with Crippen LogP contribution in [-0.4, -0.2) is 34.8 Å². The fourth-order valence-corrected chi connectivity index (χ4v) is 4.00. The first kappa shape index (κ1) is 18.4. The number of carbonyl (C=O) groups is 2. The SMILES string of the molecule is COc1nc2c(cc1CNC(=O)c1ccccc1F)C(=O)N(C1CCCC1)C2. The van der Waals surface area contributed by atoms with Gasteiger partial charge in [-0.05, 0) is 31.0 Å². The number of rotatable bonds is 5. The fraction of sp³-hybridized carbons (Fsp3) is 0.381. The van der Waals surface area contributed by atoms with E-state index in [9.17, 15) is 14.0 Å². The van der Waals surface area contributed by atoms with Crippen LogP contribution in [-0.2, 0) is 13.1 Å².